The molecule has 1 atom stereocenters. The van der Waals surface area contributed by atoms with E-state index in [2.05, 4.69) is 19.2 Å². The minimum absolute atomic E-state index is 0.472. The van der Waals surface area contributed by atoms with Crippen LogP contribution in [0.15, 0.2) is 18.2 Å². The quantitative estimate of drug-likeness (QED) is 0.823. The second-order valence-electron chi connectivity index (χ2n) is 3.68. The van der Waals surface area contributed by atoms with Gasteiger partial charge in [0.05, 0.1) is 12.1 Å². The lowest BCUT2D eigenvalue weighted by atomic mass is 10.2. The molecule has 1 aromatic carbocycles. The SMILES string of the molecule is CCCC(C)Nc1ccc(OC)c(Cl)c1. The Hall–Kier alpha value is -0.890. The third kappa shape index (κ3) is 3.63. The van der Waals surface area contributed by atoms with Gasteiger partial charge in [-0.25, -0.2) is 0 Å². The molecule has 1 aromatic rings. The first-order valence-corrected chi connectivity index (χ1v) is 5.65. The number of rotatable bonds is 5. The molecule has 1 N–H and O–H groups in total. The predicted octanol–water partition coefficient (Wildman–Crippen LogP) is 3.95. The maximum Gasteiger partial charge on any atom is 0.137 e. The molecule has 3 heteroatoms. The van der Waals surface area contributed by atoms with Crippen molar-refractivity contribution in [3.8, 4) is 5.75 Å². The van der Waals surface area contributed by atoms with Gasteiger partial charge in [-0.3, -0.25) is 0 Å². The number of hydrogen-bond donors (Lipinski definition) is 1. The highest BCUT2D eigenvalue weighted by molar-refractivity contribution is 6.32. The highest BCUT2D eigenvalue weighted by atomic mass is 35.5. The molecule has 0 radical (unpaired) electrons. The van der Waals surface area contributed by atoms with Gasteiger partial charge in [-0.05, 0) is 31.5 Å². The summed E-state index contributed by atoms with van der Waals surface area (Å²) in [6.07, 6.45) is 2.34. The molecular weight excluding hydrogens is 210 g/mol. The second kappa shape index (κ2) is 5.86. The fourth-order valence-electron chi connectivity index (χ4n) is 1.55. The van der Waals surface area contributed by atoms with Crippen molar-refractivity contribution >= 4 is 17.3 Å². The van der Waals surface area contributed by atoms with Crippen molar-refractivity contribution < 1.29 is 4.74 Å². The zero-order valence-electron chi connectivity index (χ0n) is 9.51. The van der Waals surface area contributed by atoms with Crippen LogP contribution < -0.4 is 10.1 Å². The Kier molecular flexibility index (Phi) is 4.76. The molecule has 0 aliphatic rings. The van der Waals surface area contributed by atoms with Crippen molar-refractivity contribution in [2.24, 2.45) is 0 Å². The molecule has 0 aromatic heterocycles. The minimum atomic E-state index is 0.472. The van der Waals surface area contributed by atoms with Gasteiger partial charge in [0.25, 0.3) is 0 Å². The van der Waals surface area contributed by atoms with Crippen molar-refractivity contribution in [2.45, 2.75) is 32.7 Å². The first-order chi connectivity index (χ1) is 7.17. The van der Waals surface area contributed by atoms with Crippen LogP contribution in [0, 0.1) is 0 Å². The number of halogens is 1. The van der Waals surface area contributed by atoms with Gasteiger partial charge in [-0.2, -0.15) is 0 Å². The molecule has 0 heterocycles. The Morgan fingerprint density at radius 1 is 1.47 bits per heavy atom. The van der Waals surface area contributed by atoms with E-state index in [1.165, 1.54) is 6.42 Å². The van der Waals surface area contributed by atoms with Crippen LogP contribution in [-0.2, 0) is 0 Å². The molecule has 1 rings (SSSR count). The number of benzene rings is 1. The molecule has 0 aliphatic heterocycles. The topological polar surface area (TPSA) is 21.3 Å². The summed E-state index contributed by atoms with van der Waals surface area (Å²) in [5.41, 5.74) is 1.04. The lowest BCUT2D eigenvalue weighted by Gasteiger charge is -2.15. The fraction of sp³-hybridized carbons (Fsp3) is 0.500. The Morgan fingerprint density at radius 2 is 2.20 bits per heavy atom. The van der Waals surface area contributed by atoms with Crippen molar-refractivity contribution in [1.82, 2.24) is 0 Å². The summed E-state index contributed by atoms with van der Waals surface area (Å²) in [4.78, 5) is 0. The largest absolute Gasteiger partial charge is 0.495 e. The second-order valence-corrected chi connectivity index (χ2v) is 4.09. The van der Waals surface area contributed by atoms with Gasteiger partial charge in [0.1, 0.15) is 5.75 Å². The molecule has 0 amide bonds. The smallest absolute Gasteiger partial charge is 0.137 e. The highest BCUT2D eigenvalue weighted by Crippen LogP contribution is 2.27. The molecule has 1 unspecified atom stereocenters. The maximum atomic E-state index is 6.03. The van der Waals surface area contributed by atoms with Gasteiger partial charge in [0.15, 0.2) is 0 Å². The number of methoxy groups -OCH3 is 1. The Labute approximate surface area is 96.6 Å². The molecule has 0 spiro atoms. The summed E-state index contributed by atoms with van der Waals surface area (Å²) in [5, 5.41) is 4.04. The van der Waals surface area contributed by atoms with Crippen LogP contribution in [0.2, 0.25) is 5.02 Å². The molecule has 15 heavy (non-hydrogen) atoms. The molecular formula is C12H18ClNO. The van der Waals surface area contributed by atoms with E-state index in [4.69, 9.17) is 16.3 Å². The maximum absolute atomic E-state index is 6.03. The molecule has 84 valence electrons. The number of nitrogens with one attached hydrogen (secondary N) is 1. The van der Waals surface area contributed by atoms with Crippen LogP contribution in [-0.4, -0.2) is 13.2 Å². The van der Waals surface area contributed by atoms with Gasteiger partial charge in [0.2, 0.25) is 0 Å². The summed E-state index contributed by atoms with van der Waals surface area (Å²) in [7, 11) is 1.62. The van der Waals surface area contributed by atoms with Gasteiger partial charge in [-0.15, -0.1) is 0 Å². The first-order valence-electron chi connectivity index (χ1n) is 5.27. The number of hydrogen-bond acceptors (Lipinski definition) is 2. The van der Waals surface area contributed by atoms with Gasteiger partial charge in [-0.1, -0.05) is 24.9 Å². The molecule has 0 fully saturated rings. The van der Waals surface area contributed by atoms with Crippen LogP contribution in [0.3, 0.4) is 0 Å². The molecule has 0 bridgehead atoms. The van der Waals surface area contributed by atoms with Crippen molar-refractivity contribution in [1.29, 1.82) is 0 Å². The van der Waals surface area contributed by atoms with E-state index < -0.39 is 0 Å². The van der Waals surface area contributed by atoms with E-state index >= 15 is 0 Å². The van der Waals surface area contributed by atoms with Crippen molar-refractivity contribution in [3.05, 3.63) is 23.2 Å². The lowest BCUT2D eigenvalue weighted by Crippen LogP contribution is -2.14. The summed E-state index contributed by atoms with van der Waals surface area (Å²) in [6, 6.07) is 6.23. The Bertz CT molecular complexity index is 314. The van der Waals surface area contributed by atoms with Crippen molar-refractivity contribution in [3.63, 3.8) is 0 Å². The van der Waals surface area contributed by atoms with E-state index in [0.29, 0.717) is 16.8 Å². The van der Waals surface area contributed by atoms with Crippen molar-refractivity contribution in [2.75, 3.05) is 12.4 Å². The van der Waals surface area contributed by atoms with Crippen LogP contribution in [0.25, 0.3) is 0 Å². The first kappa shape index (κ1) is 12.2. The van der Waals surface area contributed by atoms with Crippen LogP contribution in [0.5, 0.6) is 5.75 Å². The zero-order chi connectivity index (χ0) is 11.3. The summed E-state index contributed by atoms with van der Waals surface area (Å²) >= 11 is 6.03. The third-order valence-electron chi connectivity index (χ3n) is 2.29. The van der Waals surface area contributed by atoms with Crippen LogP contribution >= 0.6 is 11.6 Å². The average molecular weight is 228 g/mol. The van der Waals surface area contributed by atoms with E-state index in [-0.39, 0.29) is 0 Å². The predicted molar refractivity (Wildman–Crippen MR) is 66.0 cm³/mol. The molecule has 0 aliphatic carbocycles. The normalized spacial score (nSPS) is 12.3. The lowest BCUT2D eigenvalue weighted by molar-refractivity contribution is 0.415. The third-order valence-corrected chi connectivity index (χ3v) is 2.58. The summed E-state index contributed by atoms with van der Waals surface area (Å²) in [5.74, 6) is 0.713. The number of ether oxygens (including phenoxy) is 1. The van der Waals surface area contributed by atoms with E-state index in [1.807, 2.05) is 18.2 Å². The minimum Gasteiger partial charge on any atom is -0.495 e. The Balaban J connectivity index is 2.66. The van der Waals surface area contributed by atoms with Crippen LogP contribution in [0.1, 0.15) is 26.7 Å². The molecule has 2 nitrogen and oxygen atoms in total. The Morgan fingerprint density at radius 3 is 2.73 bits per heavy atom. The summed E-state index contributed by atoms with van der Waals surface area (Å²) < 4.78 is 5.09. The van der Waals surface area contributed by atoms with E-state index in [9.17, 15) is 0 Å². The van der Waals surface area contributed by atoms with Gasteiger partial charge < -0.3 is 10.1 Å². The average Bonchev–Trinajstić information content (AvgIpc) is 2.18. The van der Waals surface area contributed by atoms with Gasteiger partial charge >= 0.3 is 0 Å². The van der Waals surface area contributed by atoms with Gasteiger partial charge in [0, 0.05) is 11.7 Å². The highest BCUT2D eigenvalue weighted by Gasteiger charge is 2.04. The van der Waals surface area contributed by atoms with E-state index in [1.54, 1.807) is 7.11 Å². The monoisotopic (exact) mass is 227 g/mol. The standard InChI is InChI=1S/C12H18ClNO/c1-4-5-9(2)14-10-6-7-12(15-3)11(13)8-10/h6-9,14H,4-5H2,1-3H3. The van der Waals surface area contributed by atoms with E-state index in [0.717, 1.165) is 12.1 Å². The fourth-order valence-corrected chi connectivity index (χ4v) is 1.80. The summed E-state index contributed by atoms with van der Waals surface area (Å²) in [6.45, 7) is 4.35. The van der Waals surface area contributed by atoms with Crippen LogP contribution in [0.4, 0.5) is 5.69 Å². The molecule has 0 saturated heterocycles. The zero-order valence-corrected chi connectivity index (χ0v) is 10.3. The molecule has 0 saturated carbocycles. The number of anilines is 1.